The van der Waals surface area contributed by atoms with Gasteiger partial charge in [-0.05, 0) is 35.7 Å². The first-order valence-corrected chi connectivity index (χ1v) is 15.9. The zero-order valence-electron chi connectivity index (χ0n) is 27.0. The van der Waals surface area contributed by atoms with Gasteiger partial charge in [0, 0.05) is 48.1 Å². The van der Waals surface area contributed by atoms with E-state index < -0.39 is 54.9 Å². The van der Waals surface area contributed by atoms with Crippen LogP contribution in [0.25, 0.3) is 33.9 Å². The summed E-state index contributed by atoms with van der Waals surface area (Å²) in [4.78, 5) is 15.4. The monoisotopic (exact) mass is 1010 g/mol. The fraction of sp³-hybridized carbons (Fsp3) is 0.0588. The zero-order valence-corrected chi connectivity index (χ0v) is 30.3. The fourth-order valence-corrected chi connectivity index (χ4v) is 3.73. The standard InChI is InChI=1S/2C12H5F5N.C10H8N2.F5P.FH.Ir/c2*13-8-2-3-9(10(14)5-8)11-4-1-7(6-18-11)12(15,16)17;1-3-7-11-9(5-1)10-6-2-4-8-12-10;1-6(2,3,4)5;;/h2*1-2,4-6H;1-8H;;1H;/q2*-1;;;;+3/p-1. The third-order valence-corrected chi connectivity index (χ3v) is 6.00. The molecule has 0 spiro atoms. The molecule has 0 aliphatic rings. The summed E-state index contributed by atoms with van der Waals surface area (Å²) in [6.07, 6.45) is -4.29. The molecule has 56 heavy (non-hydrogen) atoms. The van der Waals surface area contributed by atoms with Crippen LogP contribution in [0, 0.1) is 35.4 Å². The number of alkyl halides is 6. The van der Waals surface area contributed by atoms with Crippen molar-refractivity contribution in [2.24, 2.45) is 0 Å². The van der Waals surface area contributed by atoms with Gasteiger partial charge in [-0.3, -0.25) is 27.5 Å². The molecule has 0 saturated carbocycles. The van der Waals surface area contributed by atoms with Crippen molar-refractivity contribution in [2.75, 3.05) is 0 Å². The number of rotatable bonds is 3. The van der Waals surface area contributed by atoms with Crippen LogP contribution in [0.5, 0.6) is 0 Å². The molecule has 6 aromatic rings. The summed E-state index contributed by atoms with van der Waals surface area (Å²) >= 11 is 0. The number of nitrogens with zero attached hydrogens (tertiary/aromatic N) is 4. The van der Waals surface area contributed by atoms with Gasteiger partial charge in [-0.15, -0.1) is 24.3 Å². The second-order valence-electron chi connectivity index (χ2n) is 10.0. The van der Waals surface area contributed by atoms with E-state index >= 15 is 0 Å². The van der Waals surface area contributed by atoms with E-state index in [0.29, 0.717) is 24.5 Å². The van der Waals surface area contributed by atoms with Gasteiger partial charge in [0.1, 0.15) is 0 Å². The molecule has 6 rings (SSSR count). The Morgan fingerprint density at radius 1 is 0.482 bits per heavy atom. The van der Waals surface area contributed by atoms with Crippen LogP contribution in [0.2, 0.25) is 0 Å². The molecule has 2 aromatic carbocycles. The van der Waals surface area contributed by atoms with E-state index in [0.717, 1.165) is 47.8 Å². The van der Waals surface area contributed by atoms with Crippen LogP contribution in [-0.2, 0) is 32.5 Å². The van der Waals surface area contributed by atoms with Crippen molar-refractivity contribution in [2.45, 2.75) is 12.4 Å². The molecule has 0 saturated heterocycles. The topological polar surface area (TPSA) is 51.6 Å². The van der Waals surface area contributed by atoms with Gasteiger partial charge in [-0.2, -0.15) is 26.3 Å². The van der Waals surface area contributed by atoms with Gasteiger partial charge < -0.3 is 14.7 Å². The van der Waals surface area contributed by atoms with Crippen LogP contribution >= 0.6 is 8.16 Å². The Labute approximate surface area is 319 Å². The van der Waals surface area contributed by atoms with Crippen LogP contribution in [0.1, 0.15) is 11.1 Å². The number of halogens is 16. The predicted octanol–water partition coefficient (Wildman–Crippen LogP) is 9.80. The van der Waals surface area contributed by atoms with Gasteiger partial charge in [0.05, 0.1) is 22.5 Å². The van der Waals surface area contributed by atoms with Crippen LogP contribution in [-0.4, -0.2) is 19.9 Å². The fourth-order valence-electron chi connectivity index (χ4n) is 3.73. The molecule has 300 valence electrons. The molecular weight excluding hydrogens is 992 g/mol. The maximum atomic E-state index is 13.3. The summed E-state index contributed by atoms with van der Waals surface area (Å²) in [5, 5.41) is 0. The summed E-state index contributed by atoms with van der Waals surface area (Å²) in [6.45, 7) is 0. The molecule has 0 radical (unpaired) electrons. The molecule has 4 heterocycles. The first-order valence-electron chi connectivity index (χ1n) is 14.2. The SMILES string of the molecule is FP(F)(F)(F)F.Fc1c[c-]c(-c2ccc(C(F)(F)F)cn2)c(F)c1.Fc1c[c-]c(-c2ccc(C(F)(F)F)cn2)c(F)c1.[F-].[Ir+3].c1ccc(-c2ccccn2)nc1. The summed E-state index contributed by atoms with van der Waals surface area (Å²) in [6, 6.07) is 22.7. The predicted molar refractivity (Wildman–Crippen MR) is 167 cm³/mol. The molecule has 0 atom stereocenters. The normalized spacial score (nSPS) is 11.6. The van der Waals surface area contributed by atoms with E-state index in [-0.39, 0.29) is 47.3 Å². The number of hydrogen-bond acceptors (Lipinski definition) is 4. The zero-order chi connectivity index (χ0) is 40.3. The Morgan fingerprint density at radius 3 is 1.05 bits per heavy atom. The van der Waals surface area contributed by atoms with Crippen molar-refractivity contribution in [1.29, 1.82) is 0 Å². The Hall–Kier alpha value is -5.00. The maximum absolute atomic E-state index is 13.3. The average Bonchev–Trinajstić information content (AvgIpc) is 3.08. The first kappa shape index (κ1) is 49.0. The van der Waals surface area contributed by atoms with Gasteiger partial charge >= 0.3 is 61.6 Å². The van der Waals surface area contributed by atoms with E-state index in [1.54, 1.807) is 12.4 Å². The third-order valence-electron chi connectivity index (χ3n) is 6.00. The van der Waals surface area contributed by atoms with Crippen molar-refractivity contribution in [3.8, 4) is 33.9 Å². The minimum atomic E-state index is -8.55. The number of hydrogen-bond donors (Lipinski definition) is 0. The quantitative estimate of drug-likeness (QED) is 0.101. The van der Waals surface area contributed by atoms with Crippen molar-refractivity contribution < 1.29 is 89.7 Å². The minimum Gasteiger partial charge on any atom is -1.00 e. The third kappa shape index (κ3) is 17.2. The molecule has 22 heteroatoms. The van der Waals surface area contributed by atoms with Crippen LogP contribution in [0.4, 0.5) is 64.9 Å². The number of aromatic nitrogens is 4. The van der Waals surface area contributed by atoms with Crippen molar-refractivity contribution >= 4 is 8.16 Å². The van der Waals surface area contributed by atoms with Gasteiger partial charge in [-0.25, -0.2) is 0 Å². The van der Waals surface area contributed by atoms with Crippen molar-refractivity contribution in [1.82, 2.24) is 19.9 Å². The maximum Gasteiger partial charge on any atom is 3.00 e. The smallest absolute Gasteiger partial charge is 1.00 e. The summed E-state index contributed by atoms with van der Waals surface area (Å²) in [7, 11) is -8.55. The van der Waals surface area contributed by atoms with Gasteiger partial charge in [0.25, 0.3) is 0 Å². The Kier molecular flexibility index (Phi) is 17.7. The summed E-state index contributed by atoms with van der Waals surface area (Å²) in [5.74, 6) is -3.49. The Balaban J connectivity index is 0.000000391. The first-order chi connectivity index (χ1) is 25.0. The second-order valence-corrected chi connectivity index (χ2v) is 11.3. The summed E-state index contributed by atoms with van der Waals surface area (Å²) in [5.41, 5.74) is -0.477. The number of pyridine rings is 4. The molecule has 0 aliphatic heterocycles. The molecule has 0 aliphatic carbocycles. The molecule has 0 amide bonds. The summed E-state index contributed by atoms with van der Waals surface area (Å²) < 4.78 is 175. The molecule has 4 nitrogen and oxygen atoms in total. The Bertz CT molecular complexity index is 1940. The molecular formula is C34H18F16IrN4P. The van der Waals surface area contributed by atoms with Crippen molar-refractivity contribution in [3.63, 3.8) is 0 Å². The number of benzene rings is 2. The molecule has 0 fully saturated rings. The van der Waals surface area contributed by atoms with E-state index in [1.807, 2.05) is 36.4 Å². The second kappa shape index (κ2) is 20.2. The molecule has 4 aromatic heterocycles. The molecule has 0 bridgehead atoms. The van der Waals surface area contributed by atoms with E-state index in [4.69, 9.17) is 0 Å². The van der Waals surface area contributed by atoms with Crippen LogP contribution in [0.3, 0.4) is 0 Å². The Morgan fingerprint density at radius 2 is 0.821 bits per heavy atom. The average molecular weight is 1010 g/mol. The molecule has 0 N–H and O–H groups in total. The minimum absolute atomic E-state index is 0. The molecule has 0 unspecified atom stereocenters. The van der Waals surface area contributed by atoms with Crippen LogP contribution in [0.15, 0.2) is 110 Å². The van der Waals surface area contributed by atoms with Crippen molar-refractivity contribution in [3.05, 3.63) is 156 Å². The van der Waals surface area contributed by atoms with E-state index in [1.165, 1.54) is 0 Å². The van der Waals surface area contributed by atoms with E-state index in [2.05, 4.69) is 32.1 Å². The van der Waals surface area contributed by atoms with E-state index in [9.17, 15) is 64.9 Å². The van der Waals surface area contributed by atoms with Crippen LogP contribution < -0.4 is 4.70 Å². The van der Waals surface area contributed by atoms with Gasteiger partial charge in [0.2, 0.25) is 0 Å². The largest absolute Gasteiger partial charge is 3.00 e. The van der Waals surface area contributed by atoms with Gasteiger partial charge in [0.15, 0.2) is 0 Å². The van der Waals surface area contributed by atoms with Gasteiger partial charge in [-0.1, -0.05) is 59.7 Å².